The lowest BCUT2D eigenvalue weighted by Crippen LogP contribution is -2.29. The molecule has 1 fully saturated rings. The van der Waals surface area contributed by atoms with E-state index in [0.717, 1.165) is 30.7 Å². The molecule has 0 aromatic heterocycles. The van der Waals surface area contributed by atoms with Crippen molar-refractivity contribution in [2.24, 2.45) is 5.92 Å². The van der Waals surface area contributed by atoms with Crippen molar-refractivity contribution in [1.82, 2.24) is 5.32 Å². The fraction of sp³-hybridized carbons (Fsp3) is 0.571. The van der Waals surface area contributed by atoms with Gasteiger partial charge in [-0.2, -0.15) is 0 Å². The van der Waals surface area contributed by atoms with Crippen LogP contribution >= 0.6 is 11.6 Å². The van der Waals surface area contributed by atoms with Crippen LogP contribution < -0.4 is 5.32 Å². The van der Waals surface area contributed by atoms with Crippen LogP contribution in [0.2, 0.25) is 5.02 Å². The lowest BCUT2D eigenvalue weighted by Gasteiger charge is -2.24. The van der Waals surface area contributed by atoms with Crippen LogP contribution in [0.4, 0.5) is 0 Å². The highest BCUT2D eigenvalue weighted by molar-refractivity contribution is 6.30. The Hall–Kier alpha value is -0.570. The Labute approximate surface area is 108 Å². The van der Waals surface area contributed by atoms with Crippen LogP contribution in [0.5, 0.6) is 0 Å². The highest BCUT2D eigenvalue weighted by Gasteiger charge is 2.14. The fourth-order valence-corrected chi connectivity index (χ4v) is 2.39. The molecular formula is C14H20ClNO. The molecule has 1 saturated heterocycles. The molecule has 0 saturated carbocycles. The minimum atomic E-state index is 0.358. The molecule has 1 N–H and O–H groups in total. The van der Waals surface area contributed by atoms with Crippen LogP contribution in [0.15, 0.2) is 24.3 Å². The first-order valence-corrected chi connectivity index (χ1v) is 6.70. The fourth-order valence-electron chi connectivity index (χ4n) is 2.19. The molecule has 1 aliphatic rings. The van der Waals surface area contributed by atoms with E-state index >= 15 is 0 Å². The minimum absolute atomic E-state index is 0.358. The third-order valence-electron chi connectivity index (χ3n) is 3.40. The van der Waals surface area contributed by atoms with E-state index in [-0.39, 0.29) is 0 Å². The zero-order chi connectivity index (χ0) is 12.1. The maximum absolute atomic E-state index is 5.99. The van der Waals surface area contributed by atoms with E-state index in [2.05, 4.69) is 18.3 Å². The van der Waals surface area contributed by atoms with Gasteiger partial charge in [0, 0.05) is 24.3 Å². The molecule has 1 aromatic carbocycles. The molecular weight excluding hydrogens is 234 g/mol. The maximum Gasteiger partial charge on any atom is 0.0469 e. The monoisotopic (exact) mass is 253 g/mol. The van der Waals surface area contributed by atoms with Gasteiger partial charge in [0.25, 0.3) is 0 Å². The summed E-state index contributed by atoms with van der Waals surface area (Å²) in [5.41, 5.74) is 1.25. The van der Waals surface area contributed by atoms with Crippen molar-refractivity contribution in [3.63, 3.8) is 0 Å². The van der Waals surface area contributed by atoms with Gasteiger partial charge in [-0.3, -0.25) is 0 Å². The molecule has 94 valence electrons. The summed E-state index contributed by atoms with van der Waals surface area (Å²) < 4.78 is 5.36. The molecule has 1 atom stereocenters. The van der Waals surface area contributed by atoms with E-state index in [0.29, 0.717) is 6.04 Å². The summed E-state index contributed by atoms with van der Waals surface area (Å²) in [6, 6.07) is 8.42. The molecule has 0 spiro atoms. The molecule has 0 radical (unpaired) electrons. The zero-order valence-corrected chi connectivity index (χ0v) is 11.0. The summed E-state index contributed by atoms with van der Waals surface area (Å²) in [6.07, 6.45) is 2.35. The van der Waals surface area contributed by atoms with E-state index < -0.39 is 0 Å². The molecule has 2 nitrogen and oxygen atoms in total. The van der Waals surface area contributed by atoms with Crippen molar-refractivity contribution in [2.45, 2.75) is 25.8 Å². The molecule has 17 heavy (non-hydrogen) atoms. The summed E-state index contributed by atoms with van der Waals surface area (Å²) in [5, 5.41) is 4.39. The summed E-state index contributed by atoms with van der Waals surface area (Å²) in [4.78, 5) is 0. The highest BCUT2D eigenvalue weighted by atomic mass is 35.5. The number of ether oxygens (including phenoxy) is 1. The molecule has 0 bridgehead atoms. The van der Waals surface area contributed by atoms with Crippen molar-refractivity contribution in [3.8, 4) is 0 Å². The first kappa shape index (κ1) is 12.9. The van der Waals surface area contributed by atoms with Gasteiger partial charge < -0.3 is 10.1 Å². The van der Waals surface area contributed by atoms with Crippen molar-refractivity contribution in [1.29, 1.82) is 0 Å². The Balaban J connectivity index is 1.82. The molecule has 0 aliphatic carbocycles. The number of hydrogen-bond acceptors (Lipinski definition) is 2. The standard InChI is InChI=1S/C14H20ClNO/c1-11(13-3-2-4-14(15)9-13)16-10-12-5-7-17-8-6-12/h2-4,9,11-12,16H,5-8,10H2,1H3/t11-/m1/s1. The predicted octanol–water partition coefficient (Wildman–Crippen LogP) is 3.42. The predicted molar refractivity (Wildman–Crippen MR) is 71.4 cm³/mol. The summed E-state index contributed by atoms with van der Waals surface area (Å²) in [7, 11) is 0. The first-order valence-electron chi connectivity index (χ1n) is 6.32. The number of nitrogens with one attached hydrogen (secondary N) is 1. The molecule has 0 unspecified atom stereocenters. The lowest BCUT2D eigenvalue weighted by molar-refractivity contribution is 0.0656. The van der Waals surface area contributed by atoms with E-state index in [1.165, 1.54) is 18.4 Å². The topological polar surface area (TPSA) is 21.3 Å². The van der Waals surface area contributed by atoms with Gasteiger partial charge in [-0.1, -0.05) is 23.7 Å². The molecule has 1 aliphatic heterocycles. The maximum atomic E-state index is 5.99. The molecule has 1 aromatic rings. The Bertz CT molecular complexity index is 350. The van der Waals surface area contributed by atoms with Gasteiger partial charge in [0.1, 0.15) is 0 Å². The van der Waals surface area contributed by atoms with Crippen molar-refractivity contribution in [3.05, 3.63) is 34.9 Å². The average Bonchev–Trinajstić information content (AvgIpc) is 2.37. The van der Waals surface area contributed by atoms with Gasteiger partial charge in [0.15, 0.2) is 0 Å². The Morgan fingerprint density at radius 2 is 2.18 bits per heavy atom. The Morgan fingerprint density at radius 1 is 1.41 bits per heavy atom. The lowest BCUT2D eigenvalue weighted by atomic mass is 9.99. The second kappa shape index (κ2) is 6.39. The third kappa shape index (κ3) is 3.98. The van der Waals surface area contributed by atoms with Crippen LogP contribution in [0.25, 0.3) is 0 Å². The van der Waals surface area contributed by atoms with Gasteiger partial charge in [0.2, 0.25) is 0 Å². The van der Waals surface area contributed by atoms with Gasteiger partial charge in [-0.25, -0.2) is 0 Å². The average molecular weight is 254 g/mol. The van der Waals surface area contributed by atoms with E-state index in [1.54, 1.807) is 0 Å². The molecule has 1 heterocycles. The summed E-state index contributed by atoms with van der Waals surface area (Å²) >= 11 is 5.99. The van der Waals surface area contributed by atoms with Gasteiger partial charge >= 0.3 is 0 Å². The van der Waals surface area contributed by atoms with E-state index in [4.69, 9.17) is 16.3 Å². The second-order valence-electron chi connectivity index (χ2n) is 4.74. The summed E-state index contributed by atoms with van der Waals surface area (Å²) in [5.74, 6) is 0.755. The van der Waals surface area contributed by atoms with Gasteiger partial charge in [0.05, 0.1) is 0 Å². The minimum Gasteiger partial charge on any atom is -0.381 e. The van der Waals surface area contributed by atoms with Crippen LogP contribution in [-0.4, -0.2) is 19.8 Å². The number of benzene rings is 1. The Morgan fingerprint density at radius 3 is 2.88 bits per heavy atom. The molecule has 3 heteroatoms. The SMILES string of the molecule is C[C@@H](NCC1CCOCC1)c1cccc(Cl)c1. The third-order valence-corrected chi connectivity index (χ3v) is 3.64. The van der Waals surface area contributed by atoms with Crippen LogP contribution in [0.3, 0.4) is 0 Å². The summed E-state index contributed by atoms with van der Waals surface area (Å²) in [6.45, 7) is 5.08. The largest absolute Gasteiger partial charge is 0.381 e. The van der Waals surface area contributed by atoms with Gasteiger partial charge in [-0.05, 0) is 49.9 Å². The smallest absolute Gasteiger partial charge is 0.0469 e. The van der Waals surface area contributed by atoms with Crippen molar-refractivity contribution in [2.75, 3.05) is 19.8 Å². The number of halogens is 1. The normalized spacial score (nSPS) is 19.2. The highest BCUT2D eigenvalue weighted by Crippen LogP contribution is 2.19. The van der Waals surface area contributed by atoms with Crippen LogP contribution in [-0.2, 0) is 4.74 Å². The van der Waals surface area contributed by atoms with Crippen molar-refractivity contribution >= 4 is 11.6 Å². The number of hydrogen-bond donors (Lipinski definition) is 1. The van der Waals surface area contributed by atoms with E-state index in [9.17, 15) is 0 Å². The van der Waals surface area contributed by atoms with Crippen LogP contribution in [0.1, 0.15) is 31.4 Å². The van der Waals surface area contributed by atoms with E-state index in [1.807, 2.05) is 18.2 Å². The molecule has 0 amide bonds. The first-order chi connectivity index (χ1) is 8.25. The number of rotatable bonds is 4. The second-order valence-corrected chi connectivity index (χ2v) is 5.18. The quantitative estimate of drug-likeness (QED) is 0.888. The van der Waals surface area contributed by atoms with Crippen molar-refractivity contribution < 1.29 is 4.74 Å². The Kier molecular flexibility index (Phi) is 4.84. The van der Waals surface area contributed by atoms with Crippen LogP contribution in [0, 0.1) is 5.92 Å². The molecule has 2 rings (SSSR count). The van der Waals surface area contributed by atoms with Gasteiger partial charge in [-0.15, -0.1) is 0 Å². The zero-order valence-electron chi connectivity index (χ0n) is 10.3.